The second kappa shape index (κ2) is 6.36. The molecule has 0 aliphatic heterocycles. The van der Waals surface area contributed by atoms with Crippen molar-refractivity contribution in [3.63, 3.8) is 0 Å². The smallest absolute Gasteiger partial charge is 0.241 e. The van der Waals surface area contributed by atoms with Crippen LogP contribution in [0.25, 0.3) is 0 Å². The monoisotopic (exact) mass is 266 g/mol. The van der Waals surface area contributed by atoms with Crippen molar-refractivity contribution in [2.24, 2.45) is 5.73 Å². The normalized spacial score (nSPS) is 11.4. The zero-order valence-electron chi connectivity index (χ0n) is 9.29. The van der Waals surface area contributed by atoms with E-state index in [1.54, 1.807) is 0 Å². The lowest BCUT2D eigenvalue weighted by Crippen LogP contribution is -2.32. The zero-order chi connectivity index (χ0) is 12.3. The van der Waals surface area contributed by atoms with Crippen molar-refractivity contribution in [1.29, 1.82) is 0 Å². The molecule has 0 aliphatic rings. The third kappa shape index (κ3) is 3.83. The molecule has 0 unspecified atom stereocenters. The van der Waals surface area contributed by atoms with E-state index in [4.69, 9.17) is 5.73 Å². The molecule has 1 aromatic carbocycles. The van der Waals surface area contributed by atoms with Crippen LogP contribution >= 0.6 is 12.4 Å². The molecule has 0 saturated carbocycles. The van der Waals surface area contributed by atoms with Crippen LogP contribution in [0, 0.1) is 11.6 Å². The maximum atomic E-state index is 13.2. The van der Waals surface area contributed by atoms with E-state index in [1.807, 2.05) is 0 Å². The number of rotatable bonds is 3. The first-order chi connectivity index (χ1) is 7.45. The average molecular weight is 267 g/mol. The number of halogens is 3. The highest BCUT2D eigenvalue weighted by molar-refractivity contribution is 5.94. The van der Waals surface area contributed by atoms with Gasteiger partial charge in [-0.05, 0) is 6.92 Å². The Hall–Kier alpha value is -1.40. The second-order valence-corrected chi connectivity index (χ2v) is 3.25. The highest BCUT2D eigenvalue weighted by Gasteiger charge is 2.14. The van der Waals surface area contributed by atoms with Gasteiger partial charge < -0.3 is 15.8 Å². The second-order valence-electron chi connectivity index (χ2n) is 3.25. The van der Waals surface area contributed by atoms with Crippen LogP contribution in [0.1, 0.15) is 6.92 Å². The summed E-state index contributed by atoms with van der Waals surface area (Å²) in [5.74, 6) is -2.78. The van der Waals surface area contributed by atoms with E-state index in [-0.39, 0.29) is 18.1 Å². The molecular formula is C10H13ClF2N2O2. The van der Waals surface area contributed by atoms with Crippen molar-refractivity contribution in [1.82, 2.24) is 0 Å². The highest BCUT2D eigenvalue weighted by atomic mass is 35.5. The first kappa shape index (κ1) is 15.6. The Morgan fingerprint density at radius 3 is 2.24 bits per heavy atom. The Labute approximate surface area is 104 Å². The SMILES string of the molecule is COc1c(F)cc(NC(=O)[C@H](C)N)cc1F.Cl. The van der Waals surface area contributed by atoms with Gasteiger partial charge in [-0.2, -0.15) is 0 Å². The predicted octanol–water partition coefficient (Wildman–Crippen LogP) is 1.68. The van der Waals surface area contributed by atoms with E-state index in [2.05, 4.69) is 10.1 Å². The quantitative estimate of drug-likeness (QED) is 0.875. The van der Waals surface area contributed by atoms with Crippen LogP contribution in [0.2, 0.25) is 0 Å². The van der Waals surface area contributed by atoms with Gasteiger partial charge in [-0.1, -0.05) is 0 Å². The summed E-state index contributed by atoms with van der Waals surface area (Å²) in [6, 6.07) is 1.16. The fourth-order valence-electron chi connectivity index (χ4n) is 1.08. The molecule has 1 aromatic rings. The molecule has 96 valence electrons. The predicted molar refractivity (Wildman–Crippen MR) is 62.4 cm³/mol. The molecule has 3 N–H and O–H groups in total. The molecule has 0 spiro atoms. The molecule has 0 saturated heterocycles. The fraction of sp³-hybridized carbons (Fsp3) is 0.300. The lowest BCUT2D eigenvalue weighted by atomic mass is 10.2. The third-order valence-corrected chi connectivity index (χ3v) is 1.88. The number of nitrogens with two attached hydrogens (primary N) is 1. The summed E-state index contributed by atoms with van der Waals surface area (Å²) < 4.78 is 30.9. The first-order valence-electron chi connectivity index (χ1n) is 4.55. The number of nitrogens with one attached hydrogen (secondary N) is 1. The summed E-state index contributed by atoms with van der Waals surface area (Å²) >= 11 is 0. The van der Waals surface area contributed by atoms with Gasteiger partial charge in [0.1, 0.15) is 0 Å². The Balaban J connectivity index is 0.00000256. The first-order valence-corrected chi connectivity index (χ1v) is 4.55. The maximum absolute atomic E-state index is 13.2. The summed E-state index contributed by atoms with van der Waals surface area (Å²) in [5.41, 5.74) is 5.29. The molecule has 0 fully saturated rings. The number of amides is 1. The number of carbonyl (C=O) groups excluding carboxylic acids is 1. The minimum Gasteiger partial charge on any atom is -0.491 e. The van der Waals surface area contributed by atoms with E-state index in [1.165, 1.54) is 6.92 Å². The van der Waals surface area contributed by atoms with Gasteiger partial charge >= 0.3 is 0 Å². The molecule has 4 nitrogen and oxygen atoms in total. The number of methoxy groups -OCH3 is 1. The summed E-state index contributed by atoms with van der Waals surface area (Å²) in [6.45, 7) is 1.46. The van der Waals surface area contributed by atoms with Crippen molar-refractivity contribution >= 4 is 24.0 Å². The van der Waals surface area contributed by atoms with E-state index < -0.39 is 29.3 Å². The number of hydrogen-bond acceptors (Lipinski definition) is 3. The molecule has 1 amide bonds. The molecule has 0 aromatic heterocycles. The van der Waals surface area contributed by atoms with Crippen LogP contribution in [0.3, 0.4) is 0 Å². The van der Waals surface area contributed by atoms with Crippen LogP contribution in [0.15, 0.2) is 12.1 Å². The van der Waals surface area contributed by atoms with Crippen LogP contribution in [0.5, 0.6) is 5.75 Å². The van der Waals surface area contributed by atoms with Gasteiger partial charge in [0.2, 0.25) is 5.91 Å². The largest absolute Gasteiger partial charge is 0.491 e. The number of carbonyl (C=O) groups is 1. The lowest BCUT2D eigenvalue weighted by Gasteiger charge is -2.10. The molecule has 0 aliphatic carbocycles. The minimum atomic E-state index is -0.887. The molecule has 0 bridgehead atoms. The number of ether oxygens (including phenoxy) is 1. The average Bonchev–Trinajstić information content (AvgIpc) is 2.16. The molecule has 7 heteroatoms. The van der Waals surface area contributed by atoms with Crippen molar-refractivity contribution in [3.05, 3.63) is 23.8 Å². The summed E-state index contributed by atoms with van der Waals surface area (Å²) in [4.78, 5) is 11.2. The lowest BCUT2D eigenvalue weighted by molar-refractivity contribution is -0.117. The topological polar surface area (TPSA) is 64.3 Å². The summed E-state index contributed by atoms with van der Waals surface area (Å²) in [6.07, 6.45) is 0. The Morgan fingerprint density at radius 1 is 1.41 bits per heavy atom. The van der Waals surface area contributed by atoms with Crippen molar-refractivity contribution in [2.75, 3.05) is 12.4 Å². The molecule has 1 atom stereocenters. The third-order valence-electron chi connectivity index (χ3n) is 1.88. The maximum Gasteiger partial charge on any atom is 0.241 e. The zero-order valence-corrected chi connectivity index (χ0v) is 10.1. The van der Waals surface area contributed by atoms with Crippen LogP contribution in [-0.2, 0) is 4.79 Å². The van der Waals surface area contributed by atoms with E-state index in [0.29, 0.717) is 0 Å². The molecular weight excluding hydrogens is 254 g/mol. The van der Waals surface area contributed by atoms with Gasteiger partial charge in [0.25, 0.3) is 0 Å². The van der Waals surface area contributed by atoms with Crippen LogP contribution in [0.4, 0.5) is 14.5 Å². The van der Waals surface area contributed by atoms with Crippen LogP contribution in [-0.4, -0.2) is 19.1 Å². The van der Waals surface area contributed by atoms with Gasteiger partial charge in [0, 0.05) is 17.8 Å². The standard InChI is InChI=1S/C10H12F2N2O2.ClH/c1-5(13)10(15)14-6-3-7(11)9(16-2)8(12)4-6;/h3-5H,13H2,1-2H3,(H,14,15);1H/t5-;/m0./s1. The molecule has 0 radical (unpaired) electrons. The van der Waals surface area contributed by atoms with Crippen molar-refractivity contribution < 1.29 is 18.3 Å². The Morgan fingerprint density at radius 2 is 1.88 bits per heavy atom. The van der Waals surface area contributed by atoms with Gasteiger partial charge in [-0.25, -0.2) is 8.78 Å². The van der Waals surface area contributed by atoms with Crippen molar-refractivity contribution in [3.8, 4) is 5.75 Å². The highest BCUT2D eigenvalue weighted by Crippen LogP contribution is 2.25. The van der Waals surface area contributed by atoms with Crippen molar-refractivity contribution in [2.45, 2.75) is 13.0 Å². The minimum absolute atomic E-state index is 0. The Bertz CT molecular complexity index is 390. The van der Waals surface area contributed by atoms with E-state index in [0.717, 1.165) is 19.2 Å². The summed E-state index contributed by atoms with van der Waals surface area (Å²) in [5, 5.41) is 2.27. The molecule has 0 heterocycles. The summed E-state index contributed by atoms with van der Waals surface area (Å²) in [7, 11) is 1.15. The van der Waals surface area contributed by atoms with Gasteiger partial charge in [-0.3, -0.25) is 4.79 Å². The van der Waals surface area contributed by atoms with E-state index in [9.17, 15) is 13.6 Å². The van der Waals surface area contributed by atoms with E-state index >= 15 is 0 Å². The molecule has 17 heavy (non-hydrogen) atoms. The number of benzene rings is 1. The number of hydrogen-bond donors (Lipinski definition) is 2. The van der Waals surface area contributed by atoms with Crippen LogP contribution < -0.4 is 15.8 Å². The fourth-order valence-corrected chi connectivity index (χ4v) is 1.08. The Kier molecular flexibility index (Phi) is 5.84. The van der Waals surface area contributed by atoms with Gasteiger partial charge in [0.05, 0.1) is 13.2 Å². The van der Waals surface area contributed by atoms with Gasteiger partial charge in [0.15, 0.2) is 17.4 Å². The molecule has 1 rings (SSSR count). The van der Waals surface area contributed by atoms with Gasteiger partial charge in [-0.15, -0.1) is 12.4 Å². The number of anilines is 1.